The van der Waals surface area contributed by atoms with Gasteiger partial charge >= 0.3 is 11.9 Å². The largest absolute Gasteiger partial charge is 0.461 e. The molecule has 1 unspecified atom stereocenters. The van der Waals surface area contributed by atoms with Crippen LogP contribution in [0.2, 0.25) is 0 Å². The first-order valence-corrected chi connectivity index (χ1v) is 11.7. The topological polar surface area (TPSA) is 157 Å². The number of esters is 2. The predicted molar refractivity (Wildman–Crippen MR) is 146 cm³/mol. The second-order valence-corrected chi connectivity index (χ2v) is 8.40. The van der Waals surface area contributed by atoms with Gasteiger partial charge in [0.2, 0.25) is 5.91 Å². The Morgan fingerprint density at radius 1 is 1.14 bits per heavy atom. The number of nitrogens with zero attached hydrogens (tertiary/aromatic N) is 2. The molecule has 1 amide bonds. The van der Waals surface area contributed by atoms with Crippen molar-refractivity contribution in [2.45, 2.75) is 20.8 Å². The van der Waals surface area contributed by atoms with E-state index < -0.39 is 17.9 Å². The molecule has 0 saturated heterocycles. The third-order valence-corrected chi connectivity index (χ3v) is 5.18. The van der Waals surface area contributed by atoms with Crippen molar-refractivity contribution >= 4 is 57.8 Å². The van der Waals surface area contributed by atoms with Gasteiger partial charge in [0.25, 0.3) is 0 Å². The number of hydrazine groups is 1. The van der Waals surface area contributed by atoms with Crippen LogP contribution in [0.15, 0.2) is 43.5 Å². The standard InChI is InChI=1S/C25H32N6O5S/c1-6-22(32)35-12-10-31(11-13-36-23(33)7-2)18-8-9-20(21(14-18)28-24(34)16(3)4)29-30-25(37)19(15-26)17(5)27/h6-9,14,16,19,27,29H,1-2,10-13H2,3-5H3,(H,28,34)(H,30,37). The Labute approximate surface area is 222 Å². The number of amides is 1. The number of benzene rings is 1. The van der Waals surface area contributed by atoms with E-state index in [1.165, 1.54) is 6.92 Å². The molecular weight excluding hydrogens is 496 g/mol. The van der Waals surface area contributed by atoms with Crippen LogP contribution < -0.4 is 21.1 Å². The Kier molecular flexibility index (Phi) is 13.1. The van der Waals surface area contributed by atoms with Gasteiger partial charge < -0.3 is 25.1 Å². The molecule has 0 saturated carbocycles. The zero-order chi connectivity index (χ0) is 28.0. The van der Waals surface area contributed by atoms with Crippen LogP contribution in [0.4, 0.5) is 17.1 Å². The summed E-state index contributed by atoms with van der Waals surface area (Å²) in [5, 5.41) is 19.8. The first-order valence-electron chi connectivity index (χ1n) is 11.3. The fourth-order valence-corrected chi connectivity index (χ4v) is 3.05. The SMILES string of the molecule is C=CC(=O)OCCN(CCOC(=O)C=C)c1ccc(NNC(=S)C(C#N)C(C)=N)c(NC(=O)C(C)C)c1. The minimum atomic E-state index is -0.900. The van der Waals surface area contributed by atoms with Gasteiger partial charge in [0.05, 0.1) is 30.5 Å². The van der Waals surface area contributed by atoms with Crippen LogP contribution in [0.3, 0.4) is 0 Å². The molecule has 1 atom stereocenters. The lowest BCUT2D eigenvalue weighted by molar-refractivity contribution is -0.137. The molecule has 0 bridgehead atoms. The van der Waals surface area contributed by atoms with Crippen LogP contribution in [0.5, 0.6) is 0 Å². The number of nitriles is 1. The minimum Gasteiger partial charge on any atom is -0.461 e. The summed E-state index contributed by atoms with van der Waals surface area (Å²) in [6.07, 6.45) is 2.12. The number of thiocarbonyl (C=S) groups is 1. The number of carbonyl (C=O) groups is 3. The van der Waals surface area contributed by atoms with Gasteiger partial charge in [-0.2, -0.15) is 5.26 Å². The Balaban J connectivity index is 3.23. The summed E-state index contributed by atoms with van der Waals surface area (Å²) in [5.41, 5.74) is 7.23. The average molecular weight is 529 g/mol. The van der Waals surface area contributed by atoms with E-state index in [0.29, 0.717) is 17.1 Å². The maximum Gasteiger partial charge on any atom is 0.330 e. The molecule has 11 nitrogen and oxygen atoms in total. The van der Waals surface area contributed by atoms with Gasteiger partial charge in [0, 0.05) is 29.5 Å². The van der Waals surface area contributed by atoms with Gasteiger partial charge in [0.1, 0.15) is 24.1 Å². The molecule has 0 aliphatic heterocycles. The fraction of sp³-hybridized carbons (Fsp3) is 0.360. The number of ether oxygens (including phenoxy) is 2. The molecule has 0 aliphatic rings. The molecule has 1 aromatic carbocycles. The number of hydrogen-bond donors (Lipinski definition) is 4. The first-order chi connectivity index (χ1) is 17.5. The molecule has 0 aliphatic carbocycles. The van der Waals surface area contributed by atoms with E-state index in [9.17, 15) is 19.6 Å². The Morgan fingerprint density at radius 2 is 1.70 bits per heavy atom. The molecule has 0 fully saturated rings. The Morgan fingerprint density at radius 3 is 2.16 bits per heavy atom. The summed E-state index contributed by atoms with van der Waals surface area (Å²) < 4.78 is 10.2. The highest BCUT2D eigenvalue weighted by Crippen LogP contribution is 2.28. The summed E-state index contributed by atoms with van der Waals surface area (Å²) in [5.74, 6) is -2.58. The molecule has 1 rings (SSSR count). The number of hydrogen-bond acceptors (Lipinski definition) is 10. The van der Waals surface area contributed by atoms with Crippen LogP contribution in [-0.2, 0) is 23.9 Å². The molecule has 0 heterocycles. The van der Waals surface area contributed by atoms with Crippen LogP contribution in [0.25, 0.3) is 0 Å². The van der Waals surface area contributed by atoms with Crippen LogP contribution in [0.1, 0.15) is 20.8 Å². The van der Waals surface area contributed by atoms with E-state index in [4.69, 9.17) is 27.1 Å². The second-order valence-electron chi connectivity index (χ2n) is 7.96. The zero-order valence-electron chi connectivity index (χ0n) is 21.1. The molecular formula is C25H32N6O5S. The highest BCUT2D eigenvalue weighted by atomic mass is 32.1. The second kappa shape index (κ2) is 15.7. The first kappa shape index (κ1) is 30.8. The summed E-state index contributed by atoms with van der Waals surface area (Å²) in [7, 11) is 0. The van der Waals surface area contributed by atoms with Crippen molar-refractivity contribution in [1.82, 2.24) is 5.43 Å². The van der Waals surface area contributed by atoms with Crippen molar-refractivity contribution in [2.75, 3.05) is 41.9 Å². The van der Waals surface area contributed by atoms with Gasteiger partial charge in [-0.15, -0.1) is 0 Å². The van der Waals surface area contributed by atoms with E-state index >= 15 is 0 Å². The smallest absolute Gasteiger partial charge is 0.330 e. The quantitative estimate of drug-likeness (QED) is 0.0877. The van der Waals surface area contributed by atoms with Crippen LogP contribution in [0, 0.1) is 28.6 Å². The van der Waals surface area contributed by atoms with Crippen molar-refractivity contribution in [3.05, 3.63) is 43.5 Å². The lowest BCUT2D eigenvalue weighted by atomic mass is 10.1. The van der Waals surface area contributed by atoms with E-state index in [0.717, 1.165) is 12.2 Å². The van der Waals surface area contributed by atoms with E-state index in [-0.39, 0.29) is 48.8 Å². The van der Waals surface area contributed by atoms with Crippen LogP contribution in [-0.4, -0.2) is 54.8 Å². The number of rotatable bonds is 15. The molecule has 1 aromatic rings. The predicted octanol–water partition coefficient (Wildman–Crippen LogP) is 2.97. The van der Waals surface area contributed by atoms with Gasteiger partial charge in [0.15, 0.2) is 0 Å². The fourth-order valence-electron chi connectivity index (χ4n) is 2.77. The monoisotopic (exact) mass is 528 g/mol. The highest BCUT2D eigenvalue weighted by Gasteiger charge is 2.18. The van der Waals surface area contributed by atoms with E-state index in [2.05, 4.69) is 29.3 Å². The van der Waals surface area contributed by atoms with Crippen molar-refractivity contribution in [3.8, 4) is 6.07 Å². The normalized spacial score (nSPS) is 10.8. The summed E-state index contributed by atoms with van der Waals surface area (Å²) in [6.45, 7) is 12.3. The van der Waals surface area contributed by atoms with Crippen molar-refractivity contribution in [3.63, 3.8) is 0 Å². The maximum absolute atomic E-state index is 12.5. The number of anilines is 3. The van der Waals surface area contributed by atoms with Gasteiger partial charge in [-0.3, -0.25) is 15.6 Å². The molecule has 0 radical (unpaired) electrons. The number of nitrogens with one attached hydrogen (secondary N) is 4. The molecule has 4 N–H and O–H groups in total. The van der Waals surface area contributed by atoms with Crippen LogP contribution >= 0.6 is 12.2 Å². The maximum atomic E-state index is 12.5. The zero-order valence-corrected chi connectivity index (χ0v) is 21.9. The van der Waals surface area contributed by atoms with Gasteiger partial charge in [-0.05, 0) is 25.1 Å². The van der Waals surface area contributed by atoms with Crippen molar-refractivity contribution in [1.29, 1.82) is 10.7 Å². The Hall–Kier alpha value is -4.24. The Bertz CT molecular complexity index is 1060. The molecule has 198 valence electrons. The van der Waals surface area contributed by atoms with Gasteiger partial charge in [-0.1, -0.05) is 39.2 Å². The van der Waals surface area contributed by atoms with Gasteiger partial charge in [-0.25, -0.2) is 9.59 Å². The van der Waals surface area contributed by atoms with Crippen molar-refractivity contribution < 1.29 is 23.9 Å². The molecule has 12 heteroatoms. The average Bonchev–Trinajstić information content (AvgIpc) is 2.86. The lowest BCUT2D eigenvalue weighted by Gasteiger charge is -2.26. The summed E-state index contributed by atoms with van der Waals surface area (Å²) in [4.78, 5) is 37.3. The third-order valence-electron chi connectivity index (χ3n) is 4.84. The minimum absolute atomic E-state index is 0.0439. The molecule has 37 heavy (non-hydrogen) atoms. The van der Waals surface area contributed by atoms with E-state index in [1.807, 2.05) is 11.0 Å². The summed E-state index contributed by atoms with van der Waals surface area (Å²) >= 11 is 5.22. The molecule has 0 aromatic heterocycles. The number of carbonyl (C=O) groups excluding carboxylic acids is 3. The summed E-state index contributed by atoms with van der Waals surface area (Å²) in [6, 6.07) is 7.08. The highest BCUT2D eigenvalue weighted by molar-refractivity contribution is 7.80. The third kappa shape index (κ3) is 10.5. The lowest BCUT2D eigenvalue weighted by Crippen LogP contribution is -2.36. The van der Waals surface area contributed by atoms with E-state index in [1.54, 1.807) is 32.0 Å². The molecule has 0 spiro atoms. The van der Waals surface area contributed by atoms with Crippen molar-refractivity contribution in [2.24, 2.45) is 11.8 Å².